The van der Waals surface area contributed by atoms with Crippen molar-refractivity contribution in [3.63, 3.8) is 0 Å². The molecular weight excluding hydrogens is 532 g/mol. The number of nitrogens with one attached hydrogen (secondary N) is 1. The van der Waals surface area contributed by atoms with Gasteiger partial charge in [-0.15, -0.1) is 0 Å². The fraction of sp³-hybridized carbons (Fsp3) is 0.167. The van der Waals surface area contributed by atoms with E-state index in [1.165, 1.54) is 30.5 Å². The highest BCUT2D eigenvalue weighted by Crippen LogP contribution is 2.34. The van der Waals surface area contributed by atoms with Crippen molar-refractivity contribution in [1.82, 2.24) is 9.55 Å². The Bertz CT molecular complexity index is 1640. The Balaban J connectivity index is 1.50. The van der Waals surface area contributed by atoms with E-state index in [-0.39, 0.29) is 16.7 Å². The molecule has 0 saturated carbocycles. The van der Waals surface area contributed by atoms with Crippen LogP contribution < -0.4 is 11.2 Å². The molecule has 1 fully saturated rings. The lowest BCUT2D eigenvalue weighted by Crippen LogP contribution is -2.43. The third kappa shape index (κ3) is 6.31. The molecule has 11 heteroatoms. The zero-order valence-corrected chi connectivity index (χ0v) is 21.5. The van der Waals surface area contributed by atoms with E-state index in [1.54, 1.807) is 66.7 Å². The molecule has 4 aromatic rings. The number of carbonyl (C=O) groups is 3. The summed E-state index contributed by atoms with van der Waals surface area (Å²) in [4.78, 5) is 65.5. The molecule has 0 aliphatic carbocycles. The van der Waals surface area contributed by atoms with Crippen LogP contribution in [0.5, 0.6) is 0 Å². The number of carbonyl (C=O) groups excluding carboxylic acids is 3. The summed E-state index contributed by atoms with van der Waals surface area (Å²) in [5.41, 5.74) is -0.804. The zero-order chi connectivity index (χ0) is 28.8. The maximum atomic E-state index is 13.1. The standard InChI is InChI=1S/C30H24N2O9/c33-23-16-17-32(30(37)31-23)26-25(41-29(36)21-14-8-3-9-15-21)24(40-28(35)20-12-6-2-7-13-20)22(39-26)18-38-27(34)19-10-4-1-5-11-19/h1-17,22,24-26H,18H2,(H,31,33,37)/t22-,24-,25+,26+/m1/s1. The predicted octanol–water partition coefficient (Wildman–Crippen LogP) is 2.74. The second kappa shape index (κ2) is 12.3. The topological polar surface area (TPSA) is 143 Å². The number of H-pyrrole nitrogens is 1. The Morgan fingerprint density at radius 1 is 0.683 bits per heavy atom. The average molecular weight is 557 g/mol. The van der Waals surface area contributed by atoms with E-state index in [0.29, 0.717) is 0 Å². The van der Waals surface area contributed by atoms with Gasteiger partial charge in [-0.1, -0.05) is 54.6 Å². The molecule has 2 heterocycles. The number of hydrogen-bond acceptors (Lipinski definition) is 9. The lowest BCUT2D eigenvalue weighted by atomic mass is 10.1. The molecule has 41 heavy (non-hydrogen) atoms. The minimum Gasteiger partial charge on any atom is -0.459 e. The predicted molar refractivity (Wildman–Crippen MR) is 143 cm³/mol. The molecule has 0 amide bonds. The van der Waals surface area contributed by atoms with E-state index in [2.05, 4.69) is 4.98 Å². The van der Waals surface area contributed by atoms with Crippen molar-refractivity contribution in [2.45, 2.75) is 24.5 Å². The Hall–Kier alpha value is -5.29. The summed E-state index contributed by atoms with van der Waals surface area (Å²) in [6, 6.07) is 25.5. The van der Waals surface area contributed by atoms with Crippen molar-refractivity contribution >= 4 is 17.9 Å². The highest BCUT2D eigenvalue weighted by Gasteiger charge is 2.51. The first-order valence-corrected chi connectivity index (χ1v) is 12.6. The van der Waals surface area contributed by atoms with Gasteiger partial charge in [-0.3, -0.25) is 14.3 Å². The third-order valence-corrected chi connectivity index (χ3v) is 6.30. The van der Waals surface area contributed by atoms with Gasteiger partial charge in [0, 0.05) is 12.3 Å². The van der Waals surface area contributed by atoms with Crippen LogP contribution in [0.4, 0.5) is 0 Å². The van der Waals surface area contributed by atoms with Crippen LogP contribution in [-0.2, 0) is 18.9 Å². The molecule has 0 unspecified atom stereocenters. The lowest BCUT2D eigenvalue weighted by Gasteiger charge is -2.25. The lowest BCUT2D eigenvalue weighted by molar-refractivity contribution is -0.0640. The van der Waals surface area contributed by atoms with Crippen molar-refractivity contribution in [1.29, 1.82) is 0 Å². The highest BCUT2D eigenvalue weighted by molar-refractivity contribution is 5.91. The largest absolute Gasteiger partial charge is 0.459 e. The number of hydrogen-bond donors (Lipinski definition) is 1. The zero-order valence-electron chi connectivity index (χ0n) is 21.5. The minimum atomic E-state index is -1.38. The Kier molecular flexibility index (Phi) is 8.16. The van der Waals surface area contributed by atoms with Crippen LogP contribution in [-0.4, -0.2) is 52.4 Å². The van der Waals surface area contributed by atoms with Gasteiger partial charge in [0.05, 0.1) is 16.7 Å². The Labute approximate surface area is 232 Å². The van der Waals surface area contributed by atoms with Crippen LogP contribution in [0.15, 0.2) is 113 Å². The number of esters is 3. The molecule has 208 valence electrons. The molecule has 0 spiro atoms. The highest BCUT2D eigenvalue weighted by atomic mass is 16.7. The number of nitrogens with zero attached hydrogens (tertiary/aromatic N) is 1. The molecule has 3 aromatic carbocycles. The van der Waals surface area contributed by atoms with Gasteiger partial charge in [-0.25, -0.2) is 19.2 Å². The molecule has 11 nitrogen and oxygen atoms in total. The third-order valence-electron chi connectivity index (χ3n) is 6.30. The van der Waals surface area contributed by atoms with E-state index in [4.69, 9.17) is 18.9 Å². The molecule has 5 rings (SSSR count). The number of aromatic amines is 1. The molecular formula is C30H24N2O9. The molecule has 1 aromatic heterocycles. The van der Waals surface area contributed by atoms with Crippen LogP contribution in [0.3, 0.4) is 0 Å². The maximum absolute atomic E-state index is 13.1. The van der Waals surface area contributed by atoms with Crippen molar-refractivity contribution in [2.24, 2.45) is 0 Å². The van der Waals surface area contributed by atoms with Crippen LogP contribution in [0, 0.1) is 0 Å². The summed E-state index contributed by atoms with van der Waals surface area (Å²) in [6.45, 7) is -0.408. The van der Waals surface area contributed by atoms with Gasteiger partial charge in [0.2, 0.25) is 0 Å². The summed E-state index contributed by atoms with van der Waals surface area (Å²) in [7, 11) is 0. The van der Waals surface area contributed by atoms with Crippen LogP contribution in [0.2, 0.25) is 0 Å². The molecule has 1 saturated heterocycles. The van der Waals surface area contributed by atoms with Gasteiger partial charge in [-0.2, -0.15) is 0 Å². The number of rotatable bonds is 8. The second-order valence-corrected chi connectivity index (χ2v) is 9.02. The van der Waals surface area contributed by atoms with Crippen molar-refractivity contribution in [2.75, 3.05) is 6.61 Å². The fourth-order valence-electron chi connectivity index (χ4n) is 4.31. The van der Waals surface area contributed by atoms with Gasteiger partial charge < -0.3 is 18.9 Å². The number of benzene rings is 3. The Morgan fingerprint density at radius 3 is 1.68 bits per heavy atom. The second-order valence-electron chi connectivity index (χ2n) is 9.02. The monoisotopic (exact) mass is 556 g/mol. The van der Waals surface area contributed by atoms with E-state index in [1.807, 2.05) is 0 Å². The summed E-state index contributed by atoms with van der Waals surface area (Å²) in [6.07, 6.45) is -4.03. The summed E-state index contributed by atoms with van der Waals surface area (Å²) >= 11 is 0. The van der Waals surface area contributed by atoms with Gasteiger partial charge in [0.1, 0.15) is 12.7 Å². The Morgan fingerprint density at radius 2 is 1.17 bits per heavy atom. The molecule has 0 bridgehead atoms. The maximum Gasteiger partial charge on any atom is 0.338 e. The van der Waals surface area contributed by atoms with Gasteiger partial charge in [0.15, 0.2) is 18.4 Å². The minimum absolute atomic E-state index is 0.201. The van der Waals surface area contributed by atoms with E-state index >= 15 is 0 Å². The normalized spacial score (nSPS) is 19.7. The SMILES string of the molecule is O=C(OC[C@H]1O[C@H](n2ccc(=O)[nH]c2=O)[C@@H](OC(=O)c2ccccc2)[C@@H]1OC(=O)c1ccccc1)c1ccccc1. The summed E-state index contributed by atoms with van der Waals surface area (Å²) in [5, 5.41) is 0. The summed E-state index contributed by atoms with van der Waals surface area (Å²) in [5.74, 6) is -2.19. The molecule has 4 atom stereocenters. The number of aromatic nitrogens is 2. The molecule has 0 radical (unpaired) electrons. The van der Waals surface area contributed by atoms with E-state index < -0.39 is 60.3 Å². The fourth-order valence-corrected chi connectivity index (χ4v) is 4.31. The van der Waals surface area contributed by atoms with E-state index in [0.717, 1.165) is 10.6 Å². The van der Waals surface area contributed by atoms with Crippen molar-refractivity contribution in [3.8, 4) is 0 Å². The first-order valence-electron chi connectivity index (χ1n) is 12.6. The first-order chi connectivity index (χ1) is 19.9. The first kappa shape index (κ1) is 27.3. The van der Waals surface area contributed by atoms with Gasteiger partial charge in [-0.05, 0) is 36.4 Å². The van der Waals surface area contributed by atoms with Crippen molar-refractivity contribution < 1.29 is 33.3 Å². The van der Waals surface area contributed by atoms with Gasteiger partial charge >= 0.3 is 23.6 Å². The van der Waals surface area contributed by atoms with Crippen LogP contribution in [0.25, 0.3) is 0 Å². The molecule has 1 aliphatic rings. The molecule has 1 aliphatic heterocycles. The van der Waals surface area contributed by atoms with Crippen molar-refractivity contribution in [3.05, 3.63) is 141 Å². The number of ether oxygens (including phenoxy) is 4. The molecule has 1 N–H and O–H groups in total. The van der Waals surface area contributed by atoms with Crippen LogP contribution >= 0.6 is 0 Å². The van der Waals surface area contributed by atoms with Crippen LogP contribution in [0.1, 0.15) is 37.3 Å². The smallest absolute Gasteiger partial charge is 0.338 e. The quantitative estimate of drug-likeness (QED) is 0.256. The average Bonchev–Trinajstić information content (AvgIpc) is 3.33. The summed E-state index contributed by atoms with van der Waals surface area (Å²) < 4.78 is 24.1. The van der Waals surface area contributed by atoms with Gasteiger partial charge in [0.25, 0.3) is 5.56 Å². The van der Waals surface area contributed by atoms with E-state index in [9.17, 15) is 24.0 Å².